The van der Waals surface area contributed by atoms with Crippen LogP contribution < -0.4 is 5.32 Å². The van der Waals surface area contributed by atoms with Crippen molar-refractivity contribution < 1.29 is 24.9 Å². The number of carbonyl (C=O) groups is 1. The second-order valence-corrected chi connectivity index (χ2v) is 3.56. The van der Waals surface area contributed by atoms with Crippen molar-refractivity contribution in [1.82, 2.24) is 5.32 Å². The summed E-state index contributed by atoms with van der Waals surface area (Å²) in [5.74, 6) is -0.897. The molecule has 0 radical (unpaired) electrons. The minimum absolute atomic E-state index is 0.0308. The number of aliphatic hydroxyl groups excluding tert-OH is 1. The third kappa shape index (κ3) is 4.29. The van der Waals surface area contributed by atoms with E-state index in [0.29, 0.717) is 0 Å². The molecule has 94 valence electrons. The molecule has 0 aliphatic heterocycles. The highest BCUT2D eigenvalue weighted by molar-refractivity contribution is 5.95. The fraction of sp³-hybridized carbons (Fsp3) is 0.364. The van der Waals surface area contributed by atoms with Gasteiger partial charge in [0.25, 0.3) is 5.91 Å². The van der Waals surface area contributed by atoms with Gasteiger partial charge < -0.3 is 25.4 Å². The van der Waals surface area contributed by atoms with Gasteiger partial charge in [-0.15, -0.1) is 0 Å². The van der Waals surface area contributed by atoms with Gasteiger partial charge in [0.2, 0.25) is 0 Å². The second kappa shape index (κ2) is 6.07. The first-order chi connectivity index (χ1) is 8.02. The Morgan fingerprint density at radius 1 is 1.35 bits per heavy atom. The molecule has 6 heteroatoms. The molecule has 1 atom stereocenters. The van der Waals surface area contributed by atoms with Crippen LogP contribution in [0.25, 0.3) is 0 Å². The zero-order valence-corrected chi connectivity index (χ0v) is 9.38. The van der Waals surface area contributed by atoms with Crippen molar-refractivity contribution in [3.63, 3.8) is 0 Å². The Balaban J connectivity index is 2.58. The maximum atomic E-state index is 11.6. The summed E-state index contributed by atoms with van der Waals surface area (Å²) in [6, 6.07) is 3.56. The molecule has 6 nitrogen and oxygen atoms in total. The number of benzene rings is 1. The zero-order chi connectivity index (χ0) is 12.8. The average Bonchev–Trinajstić information content (AvgIpc) is 2.25. The average molecular weight is 241 g/mol. The van der Waals surface area contributed by atoms with Crippen molar-refractivity contribution in [1.29, 1.82) is 0 Å². The van der Waals surface area contributed by atoms with Crippen molar-refractivity contribution in [3.8, 4) is 11.5 Å². The van der Waals surface area contributed by atoms with Gasteiger partial charge in [0.15, 0.2) is 0 Å². The van der Waals surface area contributed by atoms with E-state index in [-0.39, 0.29) is 30.2 Å². The molecule has 0 aliphatic carbocycles. The van der Waals surface area contributed by atoms with E-state index in [9.17, 15) is 20.1 Å². The molecule has 0 aromatic heterocycles. The smallest absolute Gasteiger partial charge is 0.251 e. The van der Waals surface area contributed by atoms with Crippen LogP contribution in [0.3, 0.4) is 0 Å². The van der Waals surface area contributed by atoms with Crippen molar-refractivity contribution in [2.75, 3.05) is 20.3 Å². The molecular weight excluding hydrogens is 226 g/mol. The molecule has 1 aromatic rings. The number of carbonyl (C=O) groups excluding carboxylic acids is 1. The van der Waals surface area contributed by atoms with Gasteiger partial charge in [-0.1, -0.05) is 0 Å². The molecule has 1 aromatic carbocycles. The number of aliphatic hydroxyl groups is 1. The molecule has 0 saturated heterocycles. The number of amides is 1. The molecule has 1 amide bonds. The van der Waals surface area contributed by atoms with Crippen LogP contribution in [0.15, 0.2) is 18.2 Å². The predicted molar refractivity (Wildman–Crippen MR) is 60.0 cm³/mol. The number of ether oxygens (including phenoxy) is 1. The first-order valence-corrected chi connectivity index (χ1v) is 5.01. The van der Waals surface area contributed by atoms with Gasteiger partial charge in [-0.3, -0.25) is 4.79 Å². The van der Waals surface area contributed by atoms with Gasteiger partial charge in [-0.05, 0) is 12.1 Å². The number of hydrogen-bond acceptors (Lipinski definition) is 5. The lowest BCUT2D eigenvalue weighted by Crippen LogP contribution is -2.34. The Kier molecular flexibility index (Phi) is 4.74. The van der Waals surface area contributed by atoms with E-state index in [0.717, 1.165) is 6.07 Å². The molecule has 0 aliphatic rings. The van der Waals surface area contributed by atoms with Crippen LogP contribution >= 0.6 is 0 Å². The zero-order valence-electron chi connectivity index (χ0n) is 9.38. The molecule has 0 heterocycles. The van der Waals surface area contributed by atoms with Gasteiger partial charge in [-0.2, -0.15) is 0 Å². The Bertz CT molecular complexity index is 373. The Hall–Kier alpha value is -1.79. The van der Waals surface area contributed by atoms with E-state index < -0.39 is 12.0 Å². The highest BCUT2D eigenvalue weighted by atomic mass is 16.5. The molecular formula is C11H15NO5. The largest absolute Gasteiger partial charge is 0.508 e. The number of phenols is 2. The summed E-state index contributed by atoms with van der Waals surface area (Å²) < 4.78 is 4.70. The monoisotopic (exact) mass is 241 g/mol. The fourth-order valence-electron chi connectivity index (χ4n) is 1.29. The van der Waals surface area contributed by atoms with Gasteiger partial charge in [0.05, 0.1) is 12.7 Å². The first kappa shape index (κ1) is 13.3. The Labute approximate surface area is 98.5 Å². The third-order valence-corrected chi connectivity index (χ3v) is 2.02. The van der Waals surface area contributed by atoms with Crippen molar-refractivity contribution in [3.05, 3.63) is 23.8 Å². The predicted octanol–water partition coefficient (Wildman–Crippen LogP) is -0.165. The Morgan fingerprint density at radius 3 is 2.47 bits per heavy atom. The second-order valence-electron chi connectivity index (χ2n) is 3.56. The number of rotatable bonds is 5. The molecule has 0 saturated carbocycles. The normalized spacial score (nSPS) is 12.1. The van der Waals surface area contributed by atoms with Crippen LogP contribution in [0, 0.1) is 0 Å². The Morgan fingerprint density at radius 2 is 1.94 bits per heavy atom. The standard InChI is InChI=1S/C11H15NO5/c1-17-6-10(15)5-12-11(16)7-2-8(13)4-9(14)3-7/h2-4,10,13-15H,5-6H2,1H3,(H,12,16). The van der Waals surface area contributed by atoms with Crippen molar-refractivity contribution in [2.45, 2.75) is 6.10 Å². The number of nitrogens with one attached hydrogen (secondary N) is 1. The summed E-state index contributed by atoms with van der Waals surface area (Å²) in [6.45, 7) is 0.147. The lowest BCUT2D eigenvalue weighted by molar-refractivity contribution is 0.0609. The summed E-state index contributed by atoms with van der Waals surface area (Å²) in [7, 11) is 1.44. The van der Waals surface area contributed by atoms with E-state index in [1.54, 1.807) is 0 Å². The molecule has 0 bridgehead atoms. The van der Waals surface area contributed by atoms with Gasteiger partial charge in [-0.25, -0.2) is 0 Å². The van der Waals surface area contributed by atoms with Crippen LogP contribution in [0.1, 0.15) is 10.4 Å². The van der Waals surface area contributed by atoms with Crippen LogP contribution in [0.2, 0.25) is 0 Å². The summed E-state index contributed by atoms with van der Waals surface area (Å²) in [5.41, 5.74) is 0.118. The maximum absolute atomic E-state index is 11.6. The van der Waals surface area contributed by atoms with E-state index in [1.165, 1.54) is 19.2 Å². The summed E-state index contributed by atoms with van der Waals surface area (Å²) in [6.07, 6.45) is -0.796. The molecule has 0 fully saturated rings. The number of phenolic OH excluding ortho intramolecular Hbond substituents is 2. The quantitative estimate of drug-likeness (QED) is 0.574. The third-order valence-electron chi connectivity index (χ3n) is 2.02. The maximum Gasteiger partial charge on any atom is 0.251 e. The minimum atomic E-state index is -0.796. The highest BCUT2D eigenvalue weighted by Gasteiger charge is 2.10. The molecule has 1 rings (SSSR count). The molecule has 0 spiro atoms. The topological polar surface area (TPSA) is 99.0 Å². The number of methoxy groups -OCH3 is 1. The van der Waals surface area contributed by atoms with Gasteiger partial charge >= 0.3 is 0 Å². The van der Waals surface area contributed by atoms with Crippen molar-refractivity contribution >= 4 is 5.91 Å². The number of hydrogen-bond donors (Lipinski definition) is 4. The van der Waals surface area contributed by atoms with Gasteiger partial charge in [0.1, 0.15) is 11.5 Å². The minimum Gasteiger partial charge on any atom is -0.508 e. The lowest BCUT2D eigenvalue weighted by atomic mass is 10.2. The SMILES string of the molecule is COCC(O)CNC(=O)c1cc(O)cc(O)c1. The van der Waals surface area contributed by atoms with Crippen LogP contribution in [-0.4, -0.2) is 47.6 Å². The van der Waals surface area contributed by atoms with E-state index in [4.69, 9.17) is 4.74 Å². The fourth-order valence-corrected chi connectivity index (χ4v) is 1.29. The summed E-state index contributed by atoms with van der Waals surface area (Å²) >= 11 is 0. The highest BCUT2D eigenvalue weighted by Crippen LogP contribution is 2.20. The molecule has 1 unspecified atom stereocenters. The van der Waals surface area contributed by atoms with E-state index in [2.05, 4.69) is 5.32 Å². The first-order valence-electron chi connectivity index (χ1n) is 5.01. The summed E-state index contributed by atoms with van der Waals surface area (Å²) in [4.78, 5) is 11.6. The van der Waals surface area contributed by atoms with Crippen molar-refractivity contribution in [2.24, 2.45) is 0 Å². The van der Waals surface area contributed by atoms with Crippen LogP contribution in [0.5, 0.6) is 11.5 Å². The lowest BCUT2D eigenvalue weighted by Gasteiger charge is -2.11. The van der Waals surface area contributed by atoms with E-state index in [1.807, 2.05) is 0 Å². The molecule has 4 N–H and O–H groups in total. The molecule has 17 heavy (non-hydrogen) atoms. The van der Waals surface area contributed by atoms with E-state index >= 15 is 0 Å². The summed E-state index contributed by atoms with van der Waals surface area (Å²) in [5, 5.41) is 30.2. The van der Waals surface area contributed by atoms with Gasteiger partial charge in [0, 0.05) is 25.3 Å². The van der Waals surface area contributed by atoms with Crippen LogP contribution in [-0.2, 0) is 4.74 Å². The van der Waals surface area contributed by atoms with Crippen LogP contribution in [0.4, 0.5) is 0 Å². The number of aromatic hydroxyl groups is 2.